The number of hydrogen-bond acceptors (Lipinski definition) is 6. The number of nitrogens with one attached hydrogen (secondary N) is 2. The Hall–Kier alpha value is -1.01. The van der Waals surface area contributed by atoms with Crippen LogP contribution in [0.3, 0.4) is 0 Å². The van der Waals surface area contributed by atoms with Crippen LogP contribution in [0.15, 0.2) is 11.2 Å². The van der Waals surface area contributed by atoms with Crippen LogP contribution in [0.1, 0.15) is 20.3 Å². The van der Waals surface area contributed by atoms with E-state index in [2.05, 4.69) is 53.4 Å². The predicted molar refractivity (Wildman–Crippen MR) is 84.2 cm³/mol. The second kappa shape index (κ2) is 8.22. The molecule has 1 atom stereocenters. The van der Waals surface area contributed by atoms with Gasteiger partial charge in [-0.2, -0.15) is 0 Å². The molecule has 0 aliphatic rings. The van der Waals surface area contributed by atoms with Gasteiger partial charge in [0.2, 0.25) is 0 Å². The second-order valence-corrected chi connectivity index (χ2v) is 5.63. The van der Waals surface area contributed by atoms with Gasteiger partial charge in [0.15, 0.2) is 5.16 Å². The third kappa shape index (κ3) is 6.11. The van der Waals surface area contributed by atoms with Gasteiger partial charge in [0.25, 0.3) is 0 Å². The Morgan fingerprint density at radius 1 is 1.32 bits per heavy atom. The summed E-state index contributed by atoms with van der Waals surface area (Å²) < 4.78 is 0. The molecule has 1 aromatic heterocycles. The first kappa shape index (κ1) is 16.0. The molecule has 0 saturated carbocycles. The highest BCUT2D eigenvalue weighted by atomic mass is 32.2. The van der Waals surface area contributed by atoms with E-state index in [-0.39, 0.29) is 0 Å². The van der Waals surface area contributed by atoms with Crippen LogP contribution in [-0.4, -0.2) is 54.4 Å². The molecule has 19 heavy (non-hydrogen) atoms. The molecule has 0 aliphatic carbocycles. The van der Waals surface area contributed by atoms with Crippen molar-refractivity contribution in [3.05, 3.63) is 6.07 Å². The van der Waals surface area contributed by atoms with E-state index in [0.717, 1.165) is 36.3 Å². The summed E-state index contributed by atoms with van der Waals surface area (Å²) in [5.74, 6) is 1.77. The molecule has 5 nitrogen and oxygen atoms in total. The fourth-order valence-corrected chi connectivity index (χ4v) is 2.16. The molecule has 0 bridgehead atoms. The van der Waals surface area contributed by atoms with Crippen LogP contribution < -0.4 is 10.6 Å². The largest absolute Gasteiger partial charge is 0.370 e. The van der Waals surface area contributed by atoms with Gasteiger partial charge in [-0.1, -0.05) is 18.7 Å². The molecule has 0 spiro atoms. The Labute approximate surface area is 120 Å². The molecular formula is C13H25N5S. The minimum atomic E-state index is 0.346. The molecule has 108 valence electrons. The quantitative estimate of drug-likeness (QED) is 0.564. The maximum atomic E-state index is 4.49. The normalized spacial score (nSPS) is 12.5. The first-order valence-electron chi connectivity index (χ1n) is 6.63. The molecule has 0 radical (unpaired) electrons. The monoisotopic (exact) mass is 283 g/mol. The summed E-state index contributed by atoms with van der Waals surface area (Å²) in [6, 6.07) is 2.32. The Kier molecular flexibility index (Phi) is 6.94. The first-order valence-corrected chi connectivity index (χ1v) is 7.85. The zero-order chi connectivity index (χ0) is 14.3. The molecule has 1 unspecified atom stereocenters. The summed E-state index contributed by atoms with van der Waals surface area (Å²) in [7, 11) is 4.14. The van der Waals surface area contributed by atoms with E-state index in [1.54, 1.807) is 11.8 Å². The first-order chi connectivity index (χ1) is 9.05. The number of likely N-dealkylation sites (N-methyl/N-ethyl adjacent to an activating group) is 1. The van der Waals surface area contributed by atoms with Crippen molar-refractivity contribution in [3.63, 3.8) is 0 Å². The SMILES string of the molecule is CCCNc1cc(NC(C)CN(C)C)nc(SC)n1. The van der Waals surface area contributed by atoms with Crippen LogP contribution in [0.4, 0.5) is 11.6 Å². The van der Waals surface area contributed by atoms with Gasteiger partial charge >= 0.3 is 0 Å². The maximum Gasteiger partial charge on any atom is 0.191 e. The minimum Gasteiger partial charge on any atom is -0.370 e. The number of hydrogen-bond donors (Lipinski definition) is 2. The van der Waals surface area contributed by atoms with Crippen LogP contribution in [0, 0.1) is 0 Å². The average molecular weight is 283 g/mol. The number of aromatic nitrogens is 2. The molecule has 0 amide bonds. The van der Waals surface area contributed by atoms with E-state index in [1.165, 1.54) is 0 Å². The fourth-order valence-electron chi connectivity index (χ4n) is 1.78. The van der Waals surface area contributed by atoms with Gasteiger partial charge in [0, 0.05) is 25.2 Å². The minimum absolute atomic E-state index is 0.346. The lowest BCUT2D eigenvalue weighted by atomic mass is 10.3. The summed E-state index contributed by atoms with van der Waals surface area (Å²) in [5.41, 5.74) is 0. The molecule has 0 saturated heterocycles. The van der Waals surface area contributed by atoms with Crippen LogP contribution in [-0.2, 0) is 0 Å². The van der Waals surface area contributed by atoms with Crippen molar-refractivity contribution in [3.8, 4) is 0 Å². The predicted octanol–water partition coefficient (Wildman–Crippen LogP) is 2.38. The van der Waals surface area contributed by atoms with E-state index in [9.17, 15) is 0 Å². The molecular weight excluding hydrogens is 258 g/mol. The van der Waals surface area contributed by atoms with Crippen molar-refractivity contribution in [2.75, 3.05) is 44.1 Å². The number of thioether (sulfide) groups is 1. The van der Waals surface area contributed by atoms with Crippen LogP contribution in [0.2, 0.25) is 0 Å². The second-order valence-electron chi connectivity index (χ2n) is 4.86. The van der Waals surface area contributed by atoms with Gasteiger partial charge in [-0.3, -0.25) is 0 Å². The van der Waals surface area contributed by atoms with Gasteiger partial charge in [-0.25, -0.2) is 9.97 Å². The van der Waals surface area contributed by atoms with Crippen molar-refractivity contribution in [1.29, 1.82) is 0 Å². The Morgan fingerprint density at radius 3 is 2.58 bits per heavy atom. The summed E-state index contributed by atoms with van der Waals surface area (Å²) in [6.45, 7) is 6.19. The lowest BCUT2D eigenvalue weighted by molar-refractivity contribution is 0.392. The number of anilines is 2. The summed E-state index contributed by atoms with van der Waals surface area (Å²) in [4.78, 5) is 11.1. The van der Waals surface area contributed by atoms with Gasteiger partial charge in [-0.15, -0.1) is 0 Å². The van der Waals surface area contributed by atoms with Gasteiger partial charge < -0.3 is 15.5 Å². The van der Waals surface area contributed by atoms with Gasteiger partial charge in [0.1, 0.15) is 11.6 Å². The Morgan fingerprint density at radius 2 is 2.00 bits per heavy atom. The van der Waals surface area contributed by atoms with E-state index in [0.29, 0.717) is 6.04 Å². The number of nitrogens with zero attached hydrogens (tertiary/aromatic N) is 3. The van der Waals surface area contributed by atoms with Gasteiger partial charge in [-0.05, 0) is 33.7 Å². The van der Waals surface area contributed by atoms with Crippen molar-refractivity contribution < 1.29 is 0 Å². The molecule has 1 rings (SSSR count). The summed E-state index contributed by atoms with van der Waals surface area (Å²) in [5, 5.41) is 7.52. The summed E-state index contributed by atoms with van der Waals surface area (Å²) >= 11 is 1.56. The molecule has 1 aromatic rings. The van der Waals surface area contributed by atoms with Crippen LogP contribution in [0.25, 0.3) is 0 Å². The molecule has 0 aliphatic heterocycles. The zero-order valence-electron chi connectivity index (χ0n) is 12.5. The molecule has 6 heteroatoms. The van der Waals surface area contributed by atoms with Crippen molar-refractivity contribution in [1.82, 2.24) is 14.9 Å². The van der Waals surface area contributed by atoms with E-state index >= 15 is 0 Å². The lowest BCUT2D eigenvalue weighted by Crippen LogP contribution is -2.30. The van der Waals surface area contributed by atoms with Crippen LogP contribution >= 0.6 is 11.8 Å². The van der Waals surface area contributed by atoms with Gasteiger partial charge in [0.05, 0.1) is 0 Å². The molecule has 0 aromatic carbocycles. The highest BCUT2D eigenvalue weighted by Gasteiger charge is 2.07. The van der Waals surface area contributed by atoms with Crippen molar-refractivity contribution in [2.24, 2.45) is 0 Å². The maximum absolute atomic E-state index is 4.49. The third-order valence-corrected chi connectivity index (χ3v) is 3.03. The van der Waals surface area contributed by atoms with E-state index < -0.39 is 0 Å². The molecule has 0 fully saturated rings. The third-order valence-electron chi connectivity index (χ3n) is 2.48. The number of rotatable bonds is 8. The molecule has 1 heterocycles. The van der Waals surface area contributed by atoms with Crippen molar-refractivity contribution in [2.45, 2.75) is 31.5 Å². The van der Waals surface area contributed by atoms with E-state index in [4.69, 9.17) is 0 Å². The standard InChI is InChI=1S/C13H25N5S/c1-6-7-14-11-8-12(17-13(16-11)19-5)15-10(2)9-18(3)4/h8,10H,6-7,9H2,1-5H3,(H2,14,15,16,17). The molecule has 2 N–H and O–H groups in total. The highest BCUT2D eigenvalue weighted by molar-refractivity contribution is 7.98. The Bertz CT molecular complexity index is 383. The van der Waals surface area contributed by atoms with Crippen molar-refractivity contribution >= 4 is 23.4 Å². The topological polar surface area (TPSA) is 53.1 Å². The Balaban J connectivity index is 2.75. The van der Waals surface area contributed by atoms with Crippen LogP contribution in [0.5, 0.6) is 0 Å². The average Bonchev–Trinajstić information content (AvgIpc) is 2.34. The smallest absolute Gasteiger partial charge is 0.191 e. The fraction of sp³-hybridized carbons (Fsp3) is 0.692. The summed E-state index contributed by atoms with van der Waals surface area (Å²) in [6.07, 6.45) is 3.07. The zero-order valence-corrected chi connectivity index (χ0v) is 13.3. The highest BCUT2D eigenvalue weighted by Crippen LogP contribution is 2.18. The lowest BCUT2D eigenvalue weighted by Gasteiger charge is -2.19. The van der Waals surface area contributed by atoms with E-state index in [1.807, 2.05) is 12.3 Å².